The molecule has 0 saturated carbocycles. The third kappa shape index (κ3) is 1.59. The van der Waals surface area contributed by atoms with E-state index in [2.05, 4.69) is 15.9 Å². The van der Waals surface area contributed by atoms with Crippen molar-refractivity contribution in [2.75, 3.05) is 0 Å². The topological polar surface area (TPSA) is 26.3 Å². The Labute approximate surface area is 103 Å². The quantitative estimate of drug-likeness (QED) is 0.534. The van der Waals surface area contributed by atoms with E-state index in [4.69, 9.17) is 4.74 Å². The fourth-order valence-corrected chi connectivity index (χ4v) is 2.35. The smallest absolute Gasteiger partial charge is 0.321 e. The van der Waals surface area contributed by atoms with Crippen LogP contribution < -0.4 is 4.74 Å². The van der Waals surface area contributed by atoms with Crippen LogP contribution in [0.5, 0.6) is 5.75 Å². The summed E-state index contributed by atoms with van der Waals surface area (Å²) in [5.41, 5.74) is 1.42. The van der Waals surface area contributed by atoms with Crippen LogP contribution in [-0.4, -0.2) is 5.97 Å². The summed E-state index contributed by atoms with van der Waals surface area (Å²) in [6.45, 7) is 5.71. The third-order valence-electron chi connectivity index (χ3n) is 2.91. The number of hydrogen-bond donors (Lipinski definition) is 0. The van der Waals surface area contributed by atoms with Gasteiger partial charge in [-0.2, -0.15) is 0 Å². The van der Waals surface area contributed by atoms with Crippen molar-refractivity contribution in [1.82, 2.24) is 0 Å². The predicted molar refractivity (Wildman–Crippen MR) is 67.2 cm³/mol. The summed E-state index contributed by atoms with van der Waals surface area (Å²) in [5.74, 6) is 0.441. The number of halogens is 1. The molecule has 16 heavy (non-hydrogen) atoms. The Morgan fingerprint density at radius 2 is 2.06 bits per heavy atom. The Morgan fingerprint density at radius 3 is 2.69 bits per heavy atom. The summed E-state index contributed by atoms with van der Waals surface area (Å²) in [6.07, 6.45) is 1.98. The molecule has 0 amide bonds. The zero-order valence-corrected chi connectivity index (χ0v) is 11.1. The fraction of sp³-hybridized carbons (Fsp3) is 0.308. The van der Waals surface area contributed by atoms with Gasteiger partial charge in [-0.15, -0.1) is 0 Å². The molecule has 0 atom stereocenters. The summed E-state index contributed by atoms with van der Waals surface area (Å²) >= 11 is 3.43. The number of carbonyl (C=O) groups is 1. The number of allylic oxidation sites excluding steroid dienone is 1. The molecule has 0 aromatic heterocycles. The Kier molecular flexibility index (Phi) is 2.66. The molecule has 84 valence electrons. The molecule has 1 aromatic rings. The van der Waals surface area contributed by atoms with Gasteiger partial charge in [0.1, 0.15) is 5.75 Å². The second kappa shape index (κ2) is 3.74. The molecule has 1 heterocycles. The largest absolute Gasteiger partial charge is 0.425 e. The first-order valence-corrected chi connectivity index (χ1v) is 5.95. The van der Waals surface area contributed by atoms with Gasteiger partial charge in [-0.25, -0.2) is 0 Å². The van der Waals surface area contributed by atoms with Crippen molar-refractivity contribution in [2.45, 2.75) is 20.8 Å². The van der Waals surface area contributed by atoms with Crippen molar-refractivity contribution in [3.63, 3.8) is 0 Å². The van der Waals surface area contributed by atoms with E-state index >= 15 is 0 Å². The molecule has 0 bridgehead atoms. The molecule has 0 spiro atoms. The molecule has 0 N–H and O–H groups in total. The van der Waals surface area contributed by atoms with Crippen molar-refractivity contribution in [3.05, 3.63) is 34.3 Å². The number of ether oxygens (including phenoxy) is 1. The summed E-state index contributed by atoms with van der Waals surface area (Å²) in [5, 5.41) is 0. The average molecular weight is 281 g/mol. The fourth-order valence-electron chi connectivity index (χ4n) is 1.99. The van der Waals surface area contributed by atoms with Crippen LogP contribution >= 0.6 is 15.9 Å². The highest BCUT2D eigenvalue weighted by molar-refractivity contribution is 9.10. The normalized spacial score (nSPS) is 20.5. The molecule has 2 nitrogen and oxygen atoms in total. The number of rotatable bonds is 0. The zero-order chi connectivity index (χ0) is 11.9. The first-order chi connectivity index (χ1) is 7.46. The number of hydrogen-bond acceptors (Lipinski definition) is 2. The minimum atomic E-state index is -0.581. The average Bonchev–Trinajstić information content (AvgIpc) is 2.21. The van der Waals surface area contributed by atoms with Crippen molar-refractivity contribution in [2.24, 2.45) is 5.41 Å². The number of carbonyl (C=O) groups excluding carboxylic acids is 1. The van der Waals surface area contributed by atoms with Crippen LogP contribution in [0.4, 0.5) is 0 Å². The maximum atomic E-state index is 11.9. The van der Waals surface area contributed by atoms with Crippen LogP contribution in [0.1, 0.15) is 26.3 Å². The lowest BCUT2D eigenvalue weighted by Crippen LogP contribution is -2.34. The Bertz CT molecular complexity index is 487. The number of fused-ring (bicyclic) bond motifs is 1. The van der Waals surface area contributed by atoms with Gasteiger partial charge in [0.05, 0.1) is 5.41 Å². The summed E-state index contributed by atoms with van der Waals surface area (Å²) in [6, 6.07) is 5.67. The lowest BCUT2D eigenvalue weighted by molar-refractivity contribution is -0.141. The van der Waals surface area contributed by atoms with E-state index in [-0.39, 0.29) is 5.97 Å². The van der Waals surface area contributed by atoms with Crippen molar-refractivity contribution in [3.8, 4) is 5.75 Å². The van der Waals surface area contributed by atoms with Crippen LogP contribution in [0, 0.1) is 5.41 Å². The van der Waals surface area contributed by atoms with Gasteiger partial charge in [0.2, 0.25) is 0 Å². The van der Waals surface area contributed by atoms with E-state index in [9.17, 15) is 4.79 Å². The predicted octanol–water partition coefficient (Wildman–Crippen LogP) is 3.80. The minimum absolute atomic E-state index is 0.199. The van der Waals surface area contributed by atoms with Gasteiger partial charge in [-0.1, -0.05) is 22.0 Å². The van der Waals surface area contributed by atoms with Gasteiger partial charge in [0.25, 0.3) is 0 Å². The van der Waals surface area contributed by atoms with Gasteiger partial charge < -0.3 is 4.74 Å². The van der Waals surface area contributed by atoms with E-state index in [1.807, 2.05) is 45.0 Å². The van der Waals surface area contributed by atoms with E-state index < -0.39 is 5.41 Å². The zero-order valence-electron chi connectivity index (χ0n) is 9.50. The molecule has 3 heteroatoms. The molecule has 1 aliphatic rings. The van der Waals surface area contributed by atoms with Gasteiger partial charge in [-0.3, -0.25) is 4.79 Å². The summed E-state index contributed by atoms with van der Waals surface area (Å²) in [4.78, 5) is 11.9. The third-order valence-corrected chi connectivity index (χ3v) is 3.40. The Hall–Kier alpha value is -1.09. The maximum absolute atomic E-state index is 11.9. The lowest BCUT2D eigenvalue weighted by atomic mass is 9.78. The van der Waals surface area contributed by atoms with Crippen molar-refractivity contribution < 1.29 is 9.53 Å². The highest BCUT2D eigenvalue weighted by Crippen LogP contribution is 2.45. The standard InChI is InChI=1S/C13H13BrO2/c1-4-10-9-7-8(14)5-6-11(9)16-12(15)13(10,2)3/h4-7H,1-3H3/b10-4-. The molecular formula is C13H13BrO2. The molecule has 0 radical (unpaired) electrons. The number of benzene rings is 1. The lowest BCUT2D eigenvalue weighted by Gasteiger charge is -2.32. The van der Waals surface area contributed by atoms with Gasteiger partial charge in [0, 0.05) is 10.0 Å². The maximum Gasteiger partial charge on any atom is 0.321 e. The summed E-state index contributed by atoms with van der Waals surface area (Å²) in [7, 11) is 0. The van der Waals surface area contributed by atoms with Crippen molar-refractivity contribution >= 4 is 27.5 Å². The molecule has 0 aliphatic carbocycles. The molecule has 0 saturated heterocycles. The molecule has 1 aliphatic heterocycles. The second-order valence-electron chi connectivity index (χ2n) is 4.36. The van der Waals surface area contributed by atoms with E-state index in [0.717, 1.165) is 15.6 Å². The first-order valence-electron chi connectivity index (χ1n) is 5.16. The monoisotopic (exact) mass is 280 g/mol. The van der Waals surface area contributed by atoms with E-state index in [1.54, 1.807) is 0 Å². The van der Waals surface area contributed by atoms with Gasteiger partial charge in [-0.05, 0) is 44.5 Å². The second-order valence-corrected chi connectivity index (χ2v) is 5.27. The Morgan fingerprint density at radius 1 is 1.38 bits per heavy atom. The van der Waals surface area contributed by atoms with Crippen LogP contribution in [0.3, 0.4) is 0 Å². The highest BCUT2D eigenvalue weighted by atomic mass is 79.9. The van der Waals surface area contributed by atoms with Gasteiger partial charge >= 0.3 is 5.97 Å². The molecule has 1 aromatic carbocycles. The van der Waals surface area contributed by atoms with Crippen LogP contribution in [0.2, 0.25) is 0 Å². The molecule has 0 unspecified atom stereocenters. The summed E-state index contributed by atoms with van der Waals surface area (Å²) < 4.78 is 6.32. The molecule has 2 rings (SSSR count). The van der Waals surface area contributed by atoms with Crippen LogP contribution in [0.15, 0.2) is 28.7 Å². The van der Waals surface area contributed by atoms with Crippen LogP contribution in [-0.2, 0) is 4.79 Å². The van der Waals surface area contributed by atoms with Gasteiger partial charge in [0.15, 0.2) is 0 Å². The SMILES string of the molecule is C/C=C1/c2cc(Br)ccc2OC(=O)C1(C)C. The molecule has 0 fully saturated rings. The minimum Gasteiger partial charge on any atom is -0.425 e. The first kappa shape index (κ1) is 11.4. The highest BCUT2D eigenvalue weighted by Gasteiger charge is 2.39. The van der Waals surface area contributed by atoms with Crippen molar-refractivity contribution in [1.29, 1.82) is 0 Å². The van der Waals surface area contributed by atoms with E-state index in [1.165, 1.54) is 0 Å². The Balaban J connectivity index is 2.68. The number of esters is 1. The van der Waals surface area contributed by atoms with E-state index in [0.29, 0.717) is 5.75 Å². The van der Waals surface area contributed by atoms with Crippen LogP contribution in [0.25, 0.3) is 5.57 Å². The molecular weight excluding hydrogens is 268 g/mol.